The van der Waals surface area contributed by atoms with E-state index in [1.165, 1.54) is 57.8 Å². The molecule has 0 spiro atoms. The van der Waals surface area contributed by atoms with Gasteiger partial charge >= 0.3 is 5.97 Å². The van der Waals surface area contributed by atoms with Crippen LogP contribution in [0.25, 0.3) is 0 Å². The van der Waals surface area contributed by atoms with Crippen molar-refractivity contribution >= 4 is 5.97 Å². The van der Waals surface area contributed by atoms with Gasteiger partial charge in [-0.3, -0.25) is 4.79 Å². The second kappa shape index (κ2) is 6.42. The van der Waals surface area contributed by atoms with Gasteiger partial charge in [0.15, 0.2) is 0 Å². The number of aliphatic carboxylic acids is 1. The Hall–Kier alpha value is -0.530. The van der Waals surface area contributed by atoms with Crippen molar-refractivity contribution in [2.75, 3.05) is 0 Å². The van der Waals surface area contributed by atoms with Gasteiger partial charge in [0.1, 0.15) is 0 Å². The molecule has 2 unspecified atom stereocenters. The third kappa shape index (κ3) is 3.46. The molecule has 0 bridgehead atoms. The molecule has 2 rings (SSSR count). The van der Waals surface area contributed by atoms with Gasteiger partial charge in [0.25, 0.3) is 0 Å². The Kier molecular flexibility index (Phi) is 4.87. The highest BCUT2D eigenvalue weighted by Crippen LogP contribution is 2.40. The second-order valence-corrected chi connectivity index (χ2v) is 6.00. The molecule has 2 atom stereocenters. The molecule has 17 heavy (non-hydrogen) atoms. The summed E-state index contributed by atoms with van der Waals surface area (Å²) in [6.07, 6.45) is 13.8. The molecular formula is C15H26O2. The predicted molar refractivity (Wildman–Crippen MR) is 68.9 cm³/mol. The van der Waals surface area contributed by atoms with E-state index in [1.807, 2.05) is 0 Å². The highest BCUT2D eigenvalue weighted by Gasteiger charge is 2.35. The van der Waals surface area contributed by atoms with E-state index in [2.05, 4.69) is 0 Å². The minimum Gasteiger partial charge on any atom is -0.481 e. The minimum atomic E-state index is -0.531. The van der Waals surface area contributed by atoms with Crippen molar-refractivity contribution in [2.45, 2.75) is 70.6 Å². The maximum absolute atomic E-state index is 11.4. The Morgan fingerprint density at radius 3 is 1.94 bits per heavy atom. The first-order valence-corrected chi connectivity index (χ1v) is 7.52. The molecule has 2 saturated carbocycles. The SMILES string of the molecule is O=C(O)C1CCCCC1C1CCCCCCC1. The molecule has 0 aromatic carbocycles. The third-order valence-corrected chi connectivity index (χ3v) is 4.89. The van der Waals surface area contributed by atoms with E-state index in [1.54, 1.807) is 0 Å². The van der Waals surface area contributed by atoms with E-state index in [-0.39, 0.29) is 5.92 Å². The molecular weight excluding hydrogens is 212 g/mol. The fourth-order valence-electron chi connectivity index (χ4n) is 3.95. The highest BCUT2D eigenvalue weighted by atomic mass is 16.4. The molecule has 1 N–H and O–H groups in total. The molecule has 0 radical (unpaired) electrons. The zero-order valence-electron chi connectivity index (χ0n) is 10.9. The lowest BCUT2D eigenvalue weighted by Crippen LogP contribution is -2.32. The fraction of sp³-hybridized carbons (Fsp3) is 0.933. The standard InChI is InChI=1S/C15H26O2/c16-15(17)14-11-7-6-10-13(14)12-8-4-2-1-3-5-9-12/h12-14H,1-11H2,(H,16,17). The van der Waals surface area contributed by atoms with Crippen molar-refractivity contribution in [3.8, 4) is 0 Å². The van der Waals surface area contributed by atoms with Crippen LogP contribution in [0.2, 0.25) is 0 Å². The topological polar surface area (TPSA) is 37.3 Å². The highest BCUT2D eigenvalue weighted by molar-refractivity contribution is 5.70. The van der Waals surface area contributed by atoms with Gasteiger partial charge in [-0.05, 0) is 24.7 Å². The fourth-order valence-corrected chi connectivity index (χ4v) is 3.95. The van der Waals surface area contributed by atoms with E-state index in [9.17, 15) is 9.90 Å². The summed E-state index contributed by atoms with van der Waals surface area (Å²) in [6.45, 7) is 0. The summed E-state index contributed by atoms with van der Waals surface area (Å²) in [5, 5.41) is 9.37. The van der Waals surface area contributed by atoms with Crippen molar-refractivity contribution in [1.82, 2.24) is 0 Å². The van der Waals surface area contributed by atoms with Crippen molar-refractivity contribution < 1.29 is 9.90 Å². The summed E-state index contributed by atoms with van der Waals surface area (Å²) in [7, 11) is 0. The number of hydrogen-bond acceptors (Lipinski definition) is 1. The molecule has 0 saturated heterocycles. The molecule has 98 valence electrons. The van der Waals surface area contributed by atoms with Gasteiger partial charge in [0.05, 0.1) is 5.92 Å². The van der Waals surface area contributed by atoms with Crippen LogP contribution in [0.4, 0.5) is 0 Å². The van der Waals surface area contributed by atoms with Gasteiger partial charge in [-0.2, -0.15) is 0 Å². The average Bonchev–Trinajstić information content (AvgIpc) is 2.28. The number of carboxylic acids is 1. The van der Waals surface area contributed by atoms with Crippen LogP contribution in [-0.4, -0.2) is 11.1 Å². The van der Waals surface area contributed by atoms with E-state index >= 15 is 0 Å². The van der Waals surface area contributed by atoms with Gasteiger partial charge in [0.2, 0.25) is 0 Å². The molecule has 2 aliphatic carbocycles. The van der Waals surface area contributed by atoms with Crippen LogP contribution in [0.3, 0.4) is 0 Å². The first-order chi connectivity index (χ1) is 8.29. The number of hydrogen-bond donors (Lipinski definition) is 1. The van der Waals surface area contributed by atoms with Crippen molar-refractivity contribution in [3.05, 3.63) is 0 Å². The number of carboxylic acid groups (broad SMARTS) is 1. The molecule has 2 heteroatoms. The Balaban J connectivity index is 1.98. The van der Waals surface area contributed by atoms with Crippen LogP contribution in [0.1, 0.15) is 70.6 Å². The summed E-state index contributed by atoms with van der Waals surface area (Å²) in [4.78, 5) is 11.4. The third-order valence-electron chi connectivity index (χ3n) is 4.89. The van der Waals surface area contributed by atoms with Crippen LogP contribution in [0, 0.1) is 17.8 Å². The molecule has 0 aliphatic heterocycles. The Bertz CT molecular complexity index is 241. The quantitative estimate of drug-likeness (QED) is 0.781. The molecule has 0 aromatic rings. The predicted octanol–water partition coefficient (Wildman–Crippen LogP) is 4.24. The summed E-state index contributed by atoms with van der Waals surface area (Å²) in [5.41, 5.74) is 0. The van der Waals surface area contributed by atoms with Crippen molar-refractivity contribution in [3.63, 3.8) is 0 Å². The number of rotatable bonds is 2. The Morgan fingerprint density at radius 1 is 0.765 bits per heavy atom. The van der Waals surface area contributed by atoms with Gasteiger partial charge in [0, 0.05) is 0 Å². The molecule has 2 nitrogen and oxygen atoms in total. The largest absolute Gasteiger partial charge is 0.481 e. The summed E-state index contributed by atoms with van der Waals surface area (Å²) in [5.74, 6) is 0.626. The minimum absolute atomic E-state index is 0.0341. The van der Waals surface area contributed by atoms with E-state index in [0.29, 0.717) is 11.8 Å². The average molecular weight is 238 g/mol. The molecule has 2 aliphatic rings. The zero-order valence-corrected chi connectivity index (χ0v) is 10.9. The Labute approximate surface area is 105 Å². The van der Waals surface area contributed by atoms with E-state index in [4.69, 9.17) is 0 Å². The number of carbonyl (C=O) groups is 1. The smallest absolute Gasteiger partial charge is 0.306 e. The first kappa shape index (κ1) is 12.9. The van der Waals surface area contributed by atoms with Crippen molar-refractivity contribution in [1.29, 1.82) is 0 Å². The van der Waals surface area contributed by atoms with E-state index < -0.39 is 5.97 Å². The van der Waals surface area contributed by atoms with E-state index in [0.717, 1.165) is 12.8 Å². The van der Waals surface area contributed by atoms with Gasteiger partial charge < -0.3 is 5.11 Å². The zero-order chi connectivity index (χ0) is 12.1. The maximum Gasteiger partial charge on any atom is 0.306 e. The second-order valence-electron chi connectivity index (χ2n) is 6.00. The first-order valence-electron chi connectivity index (χ1n) is 7.52. The van der Waals surface area contributed by atoms with Crippen LogP contribution in [0.15, 0.2) is 0 Å². The molecule has 0 heterocycles. The molecule has 0 aromatic heterocycles. The van der Waals surface area contributed by atoms with Crippen molar-refractivity contribution in [2.24, 2.45) is 17.8 Å². The monoisotopic (exact) mass is 238 g/mol. The summed E-state index contributed by atoms with van der Waals surface area (Å²) < 4.78 is 0. The van der Waals surface area contributed by atoms with Crippen LogP contribution >= 0.6 is 0 Å². The molecule has 2 fully saturated rings. The summed E-state index contributed by atoms with van der Waals surface area (Å²) >= 11 is 0. The van der Waals surface area contributed by atoms with Gasteiger partial charge in [-0.25, -0.2) is 0 Å². The van der Waals surface area contributed by atoms with Crippen LogP contribution in [0.5, 0.6) is 0 Å². The normalized spacial score (nSPS) is 32.7. The lowest BCUT2D eigenvalue weighted by atomic mass is 9.69. The summed E-state index contributed by atoms with van der Waals surface area (Å²) in [6, 6.07) is 0. The molecule has 0 amide bonds. The van der Waals surface area contributed by atoms with Gasteiger partial charge in [-0.15, -0.1) is 0 Å². The van der Waals surface area contributed by atoms with Crippen LogP contribution in [-0.2, 0) is 4.79 Å². The lowest BCUT2D eigenvalue weighted by Gasteiger charge is -2.36. The Morgan fingerprint density at radius 2 is 1.29 bits per heavy atom. The maximum atomic E-state index is 11.4. The van der Waals surface area contributed by atoms with Gasteiger partial charge in [-0.1, -0.05) is 57.8 Å². The lowest BCUT2D eigenvalue weighted by molar-refractivity contribution is -0.146. The van der Waals surface area contributed by atoms with Crippen LogP contribution < -0.4 is 0 Å².